The van der Waals surface area contributed by atoms with Gasteiger partial charge < -0.3 is 10.2 Å². The number of nitrogens with one attached hydrogen (secondary N) is 1. The van der Waals surface area contributed by atoms with Gasteiger partial charge in [0.05, 0.1) is 22.0 Å². The van der Waals surface area contributed by atoms with E-state index in [4.69, 9.17) is 23.2 Å². The Labute approximate surface area is 247 Å². The quantitative estimate of drug-likeness (QED) is 0.297. The normalized spacial score (nSPS) is 12.2. The van der Waals surface area contributed by atoms with E-state index in [9.17, 15) is 18.0 Å². The number of hydrogen-bond acceptors (Lipinski definition) is 4. The summed E-state index contributed by atoms with van der Waals surface area (Å²) in [5.41, 5.74) is 2.94. The Hall–Kier alpha value is -3.07. The zero-order valence-electron chi connectivity index (χ0n) is 23.1. The smallest absolute Gasteiger partial charge is 0.244 e. The molecule has 3 aromatic rings. The molecule has 10 heteroatoms. The Kier molecular flexibility index (Phi) is 11.0. The Morgan fingerprint density at radius 1 is 0.900 bits per heavy atom. The second kappa shape index (κ2) is 14.0. The molecule has 1 atom stereocenters. The second-order valence-corrected chi connectivity index (χ2v) is 12.9. The lowest BCUT2D eigenvalue weighted by Gasteiger charge is -2.33. The summed E-state index contributed by atoms with van der Waals surface area (Å²) in [6.07, 6.45) is 1.28. The summed E-state index contributed by atoms with van der Waals surface area (Å²) < 4.78 is 26.7. The molecule has 0 radical (unpaired) electrons. The average molecular weight is 605 g/mol. The van der Waals surface area contributed by atoms with Gasteiger partial charge in [-0.05, 0) is 42.2 Å². The van der Waals surface area contributed by atoms with Crippen molar-refractivity contribution >= 4 is 50.7 Å². The maximum Gasteiger partial charge on any atom is 0.244 e. The predicted octanol–water partition coefficient (Wildman–Crippen LogP) is 5.48. The molecular formula is C30H35Cl2N3O4S. The third kappa shape index (κ3) is 8.98. The van der Waals surface area contributed by atoms with Crippen LogP contribution < -0.4 is 9.62 Å². The molecule has 2 amide bonds. The summed E-state index contributed by atoms with van der Waals surface area (Å²) in [6.45, 7) is 5.98. The van der Waals surface area contributed by atoms with Crippen molar-refractivity contribution in [2.75, 3.05) is 23.7 Å². The minimum Gasteiger partial charge on any atom is -0.354 e. The van der Waals surface area contributed by atoms with Crippen LogP contribution in [0.1, 0.15) is 30.5 Å². The number of benzene rings is 3. The Morgan fingerprint density at radius 3 is 2.12 bits per heavy atom. The third-order valence-electron chi connectivity index (χ3n) is 6.30. The molecule has 3 rings (SSSR count). The van der Waals surface area contributed by atoms with Crippen molar-refractivity contribution in [3.63, 3.8) is 0 Å². The number of halogens is 2. The van der Waals surface area contributed by atoms with Gasteiger partial charge in [0.25, 0.3) is 0 Å². The van der Waals surface area contributed by atoms with Crippen molar-refractivity contribution in [1.29, 1.82) is 0 Å². The number of carbonyl (C=O) groups is 2. The van der Waals surface area contributed by atoms with Crippen LogP contribution in [0.15, 0.2) is 72.8 Å². The molecule has 7 nitrogen and oxygen atoms in total. The van der Waals surface area contributed by atoms with Gasteiger partial charge in [0, 0.05) is 19.5 Å². The Balaban J connectivity index is 2.05. The van der Waals surface area contributed by atoms with Gasteiger partial charge in [-0.25, -0.2) is 8.42 Å². The van der Waals surface area contributed by atoms with Crippen LogP contribution in [0.3, 0.4) is 0 Å². The fourth-order valence-corrected chi connectivity index (χ4v) is 5.25. The number of rotatable bonds is 12. The first-order valence-electron chi connectivity index (χ1n) is 12.9. The fourth-order valence-electron chi connectivity index (χ4n) is 4.12. The zero-order chi connectivity index (χ0) is 29.4. The first kappa shape index (κ1) is 31.5. The van der Waals surface area contributed by atoms with E-state index < -0.39 is 28.5 Å². The van der Waals surface area contributed by atoms with Gasteiger partial charge >= 0.3 is 0 Å². The molecule has 3 aromatic carbocycles. The van der Waals surface area contributed by atoms with Crippen molar-refractivity contribution in [3.05, 3.63) is 99.5 Å². The van der Waals surface area contributed by atoms with E-state index in [-0.39, 0.29) is 40.5 Å². The number of hydrogen-bond donors (Lipinski definition) is 1. The van der Waals surface area contributed by atoms with Crippen LogP contribution in [-0.2, 0) is 32.6 Å². The molecule has 0 saturated heterocycles. The van der Waals surface area contributed by atoms with Crippen LogP contribution in [0.2, 0.25) is 10.0 Å². The van der Waals surface area contributed by atoms with Crippen molar-refractivity contribution < 1.29 is 18.0 Å². The lowest BCUT2D eigenvalue weighted by Crippen LogP contribution is -2.53. The van der Waals surface area contributed by atoms with Crippen LogP contribution >= 0.6 is 23.2 Å². The number of aryl methyl sites for hydroxylation is 1. The summed E-state index contributed by atoms with van der Waals surface area (Å²) in [5, 5.41) is 3.38. The van der Waals surface area contributed by atoms with Crippen LogP contribution in [-0.4, -0.2) is 50.5 Å². The maximum atomic E-state index is 14.1. The van der Waals surface area contributed by atoms with Gasteiger partial charge in [-0.2, -0.15) is 0 Å². The number of sulfonamides is 1. The summed E-state index contributed by atoms with van der Waals surface area (Å²) in [6, 6.07) is 20.6. The number of nitrogens with zero attached hydrogens (tertiary/aromatic N) is 2. The van der Waals surface area contributed by atoms with E-state index in [0.717, 1.165) is 27.3 Å². The highest BCUT2D eigenvalue weighted by Crippen LogP contribution is 2.29. The minimum atomic E-state index is -3.90. The molecule has 0 aliphatic carbocycles. The minimum absolute atomic E-state index is 0.116. The molecule has 0 fully saturated rings. The molecule has 0 aliphatic heterocycles. The highest BCUT2D eigenvalue weighted by Gasteiger charge is 2.33. The molecule has 0 bridgehead atoms. The number of anilines is 1. The first-order valence-corrected chi connectivity index (χ1v) is 15.5. The fraction of sp³-hybridized carbons (Fsp3) is 0.333. The molecule has 0 spiro atoms. The van der Waals surface area contributed by atoms with Gasteiger partial charge in [0.2, 0.25) is 21.8 Å². The topological polar surface area (TPSA) is 86.8 Å². The standard InChI is InChI=1S/C30H35Cl2N3O4S/c1-21(2)18-33-30(37)28(16-23-8-6-5-7-9-23)34(19-24-12-10-22(3)11-13-24)29(36)20-35(40(4,38)39)25-14-15-26(31)27(32)17-25/h5-15,17,21,28H,16,18-20H2,1-4H3,(H,33,37)/t28-/m1/s1. The lowest BCUT2D eigenvalue weighted by molar-refractivity contribution is -0.140. The van der Waals surface area contributed by atoms with E-state index in [2.05, 4.69) is 5.32 Å². The highest BCUT2D eigenvalue weighted by molar-refractivity contribution is 7.92. The molecule has 1 N–H and O–H groups in total. The molecule has 0 aromatic heterocycles. The summed E-state index contributed by atoms with van der Waals surface area (Å²) in [7, 11) is -3.90. The molecular weight excluding hydrogens is 569 g/mol. The predicted molar refractivity (Wildman–Crippen MR) is 162 cm³/mol. The van der Waals surface area contributed by atoms with Gasteiger partial charge in [-0.1, -0.05) is 97.2 Å². The van der Waals surface area contributed by atoms with Crippen LogP contribution in [0.4, 0.5) is 5.69 Å². The average Bonchev–Trinajstić information content (AvgIpc) is 2.90. The highest BCUT2D eigenvalue weighted by atomic mass is 35.5. The van der Waals surface area contributed by atoms with Crippen molar-refractivity contribution in [1.82, 2.24) is 10.2 Å². The number of amides is 2. The van der Waals surface area contributed by atoms with Crippen molar-refractivity contribution in [3.8, 4) is 0 Å². The molecule has 214 valence electrons. The molecule has 40 heavy (non-hydrogen) atoms. The largest absolute Gasteiger partial charge is 0.354 e. The summed E-state index contributed by atoms with van der Waals surface area (Å²) in [4.78, 5) is 29.1. The van der Waals surface area contributed by atoms with Gasteiger partial charge in [-0.15, -0.1) is 0 Å². The van der Waals surface area contributed by atoms with Crippen LogP contribution in [0.25, 0.3) is 0 Å². The Morgan fingerprint density at radius 2 is 1.55 bits per heavy atom. The molecule has 0 unspecified atom stereocenters. The number of carbonyl (C=O) groups excluding carboxylic acids is 2. The molecule has 0 saturated carbocycles. The van der Waals surface area contributed by atoms with E-state index in [0.29, 0.717) is 6.54 Å². The van der Waals surface area contributed by atoms with E-state index >= 15 is 0 Å². The first-order chi connectivity index (χ1) is 18.8. The zero-order valence-corrected chi connectivity index (χ0v) is 25.4. The monoisotopic (exact) mass is 603 g/mol. The van der Waals surface area contributed by atoms with Crippen molar-refractivity contribution in [2.45, 2.75) is 39.8 Å². The van der Waals surface area contributed by atoms with Crippen molar-refractivity contribution in [2.24, 2.45) is 5.92 Å². The maximum absolute atomic E-state index is 14.1. The Bertz CT molecular complexity index is 1410. The van der Waals surface area contributed by atoms with Crippen LogP contribution in [0, 0.1) is 12.8 Å². The third-order valence-corrected chi connectivity index (χ3v) is 8.18. The van der Waals surface area contributed by atoms with E-state index in [1.807, 2.05) is 75.4 Å². The SMILES string of the molecule is Cc1ccc(CN(C(=O)CN(c2ccc(Cl)c(Cl)c2)S(C)(=O)=O)[C@H](Cc2ccccc2)C(=O)NCC(C)C)cc1. The molecule has 0 heterocycles. The second-order valence-electron chi connectivity index (χ2n) is 10.2. The van der Waals surface area contributed by atoms with Crippen LogP contribution in [0.5, 0.6) is 0 Å². The van der Waals surface area contributed by atoms with Gasteiger partial charge in [0.1, 0.15) is 12.6 Å². The van der Waals surface area contributed by atoms with Gasteiger partial charge in [0.15, 0.2) is 0 Å². The molecule has 0 aliphatic rings. The summed E-state index contributed by atoms with van der Waals surface area (Å²) >= 11 is 12.2. The summed E-state index contributed by atoms with van der Waals surface area (Å²) in [5.74, 6) is -0.630. The van der Waals surface area contributed by atoms with E-state index in [1.54, 1.807) is 0 Å². The lowest BCUT2D eigenvalue weighted by atomic mass is 10.0. The van der Waals surface area contributed by atoms with Gasteiger partial charge in [-0.3, -0.25) is 13.9 Å². The van der Waals surface area contributed by atoms with E-state index in [1.165, 1.54) is 23.1 Å².